The zero-order chi connectivity index (χ0) is 32.1. The molecule has 2 heterocycles. The average Bonchev–Trinajstić information content (AvgIpc) is 3.87. The third-order valence-corrected chi connectivity index (χ3v) is 10.1. The molecule has 0 radical (unpaired) electrons. The van der Waals surface area contributed by atoms with E-state index >= 15 is 0 Å². The number of hydrogen-bond acceptors (Lipinski definition) is 8. The van der Waals surface area contributed by atoms with E-state index in [-0.39, 0.29) is 18.4 Å². The molecule has 2 aliphatic carbocycles. The Kier molecular flexibility index (Phi) is 11.1. The first kappa shape index (κ1) is 34.3. The summed E-state index contributed by atoms with van der Waals surface area (Å²) < 4.78 is 11.7. The highest BCUT2D eigenvalue weighted by molar-refractivity contribution is 6.25. The van der Waals surface area contributed by atoms with Gasteiger partial charge in [-0.3, -0.25) is 14.4 Å². The van der Waals surface area contributed by atoms with Crippen LogP contribution in [0.5, 0.6) is 0 Å². The number of carbonyl (C=O) groups excluding carboxylic acids is 4. The van der Waals surface area contributed by atoms with Crippen LogP contribution in [0.1, 0.15) is 130 Å². The van der Waals surface area contributed by atoms with Crippen molar-refractivity contribution in [3.63, 3.8) is 0 Å². The second-order valence-electron chi connectivity index (χ2n) is 13.6. The summed E-state index contributed by atoms with van der Waals surface area (Å²) in [5.74, 6) is -5.21. The van der Waals surface area contributed by atoms with Gasteiger partial charge in [0.1, 0.15) is 28.8 Å². The zero-order valence-corrected chi connectivity index (χ0v) is 27.1. The third kappa shape index (κ3) is 7.12. The van der Waals surface area contributed by atoms with Crippen molar-refractivity contribution in [2.45, 2.75) is 153 Å². The van der Waals surface area contributed by atoms with Gasteiger partial charge in [0.2, 0.25) is 0 Å². The van der Waals surface area contributed by atoms with E-state index in [1.165, 1.54) is 12.5 Å². The summed E-state index contributed by atoms with van der Waals surface area (Å²) in [7, 11) is 0. The van der Waals surface area contributed by atoms with Gasteiger partial charge in [-0.1, -0.05) is 77.4 Å². The summed E-state index contributed by atoms with van der Waals surface area (Å²) >= 11 is 0. The highest BCUT2D eigenvalue weighted by Crippen LogP contribution is 2.61. The Balaban J connectivity index is 1.63. The van der Waals surface area contributed by atoms with E-state index in [1.807, 2.05) is 12.2 Å². The van der Waals surface area contributed by atoms with E-state index in [0.29, 0.717) is 36.8 Å². The maximum atomic E-state index is 13.9. The van der Waals surface area contributed by atoms with Crippen LogP contribution < -0.4 is 0 Å². The number of rotatable bonds is 19. The van der Waals surface area contributed by atoms with Gasteiger partial charge < -0.3 is 19.7 Å². The van der Waals surface area contributed by atoms with Gasteiger partial charge in [-0.15, -0.1) is 0 Å². The molecule has 244 valence electrons. The summed E-state index contributed by atoms with van der Waals surface area (Å²) in [5, 5.41) is 22.9. The maximum absolute atomic E-state index is 13.9. The molecule has 2 aliphatic heterocycles. The molecule has 4 aliphatic rings. The Morgan fingerprint density at radius 2 is 1.39 bits per heavy atom. The van der Waals surface area contributed by atoms with Gasteiger partial charge in [-0.05, 0) is 82.4 Å². The van der Waals surface area contributed by atoms with Crippen molar-refractivity contribution in [1.29, 1.82) is 0 Å². The quantitative estimate of drug-likeness (QED) is 0.0583. The van der Waals surface area contributed by atoms with Crippen LogP contribution in [0.4, 0.5) is 0 Å². The molecular weight excluding hydrogens is 560 g/mol. The standard InChI is InChI=1S/C36H52O8/c1-5-7-9-11-13-15-17-24(3)29(37)26-23-36(44-32(26)39,35(42)21-22-35)28-27(33(40)43-31(28)34(41)19-20-34)30(38)25(4)18-16-14-12-10-8-6-2/h17-18,23,27-28,31,41-42H,5-16,19-22H2,1-4H3. The fourth-order valence-corrected chi connectivity index (χ4v) is 6.86. The molecule has 4 atom stereocenters. The summed E-state index contributed by atoms with van der Waals surface area (Å²) in [4.78, 5) is 54.3. The van der Waals surface area contributed by atoms with Crippen molar-refractivity contribution >= 4 is 23.5 Å². The SMILES string of the molecule is CCCCCCCC=C(C)C(=O)C1=CC(C2C(C(=O)C(C)=CCCCCCCC)C(=O)OC2C2(O)CC2)(C2(O)CC2)OC1=O. The molecule has 0 aromatic rings. The van der Waals surface area contributed by atoms with Crippen LogP contribution >= 0.6 is 0 Å². The Morgan fingerprint density at radius 3 is 1.91 bits per heavy atom. The molecule has 8 nitrogen and oxygen atoms in total. The Morgan fingerprint density at radius 1 is 0.841 bits per heavy atom. The van der Waals surface area contributed by atoms with Gasteiger partial charge in [0.05, 0.1) is 5.92 Å². The van der Waals surface area contributed by atoms with Crippen LogP contribution in [0.3, 0.4) is 0 Å². The topological polar surface area (TPSA) is 127 Å². The molecule has 4 unspecified atom stereocenters. The van der Waals surface area contributed by atoms with Gasteiger partial charge in [0.15, 0.2) is 17.2 Å². The van der Waals surface area contributed by atoms with Crippen LogP contribution in [0.15, 0.2) is 34.9 Å². The van der Waals surface area contributed by atoms with Crippen molar-refractivity contribution in [3.05, 3.63) is 34.9 Å². The fourth-order valence-electron chi connectivity index (χ4n) is 6.86. The zero-order valence-electron chi connectivity index (χ0n) is 27.1. The van der Waals surface area contributed by atoms with Gasteiger partial charge in [-0.25, -0.2) is 4.79 Å². The molecule has 0 spiro atoms. The molecule has 2 saturated carbocycles. The first-order valence-corrected chi connectivity index (χ1v) is 17.0. The van der Waals surface area contributed by atoms with Crippen LogP contribution in [0.25, 0.3) is 0 Å². The summed E-state index contributed by atoms with van der Waals surface area (Å²) in [5.41, 5.74) is -4.23. The van der Waals surface area contributed by atoms with E-state index in [0.717, 1.165) is 57.8 Å². The predicted molar refractivity (Wildman–Crippen MR) is 166 cm³/mol. The highest BCUT2D eigenvalue weighted by Gasteiger charge is 2.75. The largest absolute Gasteiger partial charge is 0.458 e. The molecule has 3 fully saturated rings. The third-order valence-electron chi connectivity index (χ3n) is 10.1. The van der Waals surface area contributed by atoms with Crippen molar-refractivity contribution < 1.29 is 38.9 Å². The minimum absolute atomic E-state index is 0.212. The number of allylic oxidation sites excluding steroid dienone is 4. The molecule has 1 saturated heterocycles. The Labute approximate surface area is 262 Å². The minimum Gasteiger partial charge on any atom is -0.458 e. The molecule has 2 N–H and O–H groups in total. The number of esters is 2. The van der Waals surface area contributed by atoms with Crippen LogP contribution in [-0.4, -0.2) is 56.6 Å². The van der Waals surface area contributed by atoms with Gasteiger partial charge in [0, 0.05) is 0 Å². The summed E-state index contributed by atoms with van der Waals surface area (Å²) in [6, 6.07) is 0. The van der Waals surface area contributed by atoms with E-state index < -0.39 is 58.2 Å². The molecule has 0 amide bonds. The number of hydrogen-bond donors (Lipinski definition) is 2. The number of Topliss-reactive ketones (excluding diaryl/α,β-unsaturated/α-hetero) is 2. The Hall–Kier alpha value is -2.58. The molecule has 0 aromatic heterocycles. The van der Waals surface area contributed by atoms with E-state index in [2.05, 4.69) is 13.8 Å². The van der Waals surface area contributed by atoms with Crippen LogP contribution in [0, 0.1) is 11.8 Å². The van der Waals surface area contributed by atoms with E-state index in [9.17, 15) is 29.4 Å². The van der Waals surface area contributed by atoms with Crippen LogP contribution in [-0.2, 0) is 28.7 Å². The molecule has 0 bridgehead atoms. The lowest BCUT2D eigenvalue weighted by Gasteiger charge is -2.41. The smallest absolute Gasteiger partial charge is 0.342 e. The van der Waals surface area contributed by atoms with E-state index in [1.54, 1.807) is 13.8 Å². The normalized spacial score (nSPS) is 28.9. The molecule has 44 heavy (non-hydrogen) atoms. The van der Waals surface area contributed by atoms with Gasteiger partial charge in [-0.2, -0.15) is 0 Å². The maximum Gasteiger partial charge on any atom is 0.342 e. The molecule has 8 heteroatoms. The lowest BCUT2D eigenvalue weighted by molar-refractivity contribution is -0.180. The van der Waals surface area contributed by atoms with Crippen LogP contribution in [0.2, 0.25) is 0 Å². The lowest BCUT2D eigenvalue weighted by Crippen LogP contribution is -2.58. The van der Waals surface area contributed by atoms with Gasteiger partial charge >= 0.3 is 11.9 Å². The number of ketones is 2. The second-order valence-corrected chi connectivity index (χ2v) is 13.6. The second kappa shape index (κ2) is 14.2. The fraction of sp³-hybridized carbons (Fsp3) is 0.722. The summed E-state index contributed by atoms with van der Waals surface area (Å²) in [6.45, 7) is 7.63. The number of carbonyl (C=O) groups is 4. The first-order chi connectivity index (χ1) is 20.9. The molecule has 0 aromatic carbocycles. The monoisotopic (exact) mass is 612 g/mol. The lowest BCUT2D eigenvalue weighted by atomic mass is 9.68. The van der Waals surface area contributed by atoms with E-state index in [4.69, 9.17) is 9.47 Å². The minimum atomic E-state index is -1.86. The van der Waals surface area contributed by atoms with Gasteiger partial charge in [0.25, 0.3) is 0 Å². The molecule has 4 rings (SSSR count). The van der Waals surface area contributed by atoms with Crippen molar-refractivity contribution in [3.8, 4) is 0 Å². The average molecular weight is 613 g/mol. The summed E-state index contributed by atoms with van der Waals surface area (Å²) in [6.07, 6.45) is 17.3. The first-order valence-electron chi connectivity index (χ1n) is 17.0. The number of ether oxygens (including phenoxy) is 2. The molecular formula is C36H52O8. The van der Waals surface area contributed by atoms with Crippen molar-refractivity contribution in [2.24, 2.45) is 11.8 Å². The number of cyclic esters (lactones) is 2. The predicted octanol–water partition coefficient (Wildman–Crippen LogP) is 6.17. The number of unbranched alkanes of at least 4 members (excludes halogenated alkanes) is 10. The highest BCUT2D eigenvalue weighted by atomic mass is 16.6. The van der Waals surface area contributed by atoms with Crippen molar-refractivity contribution in [1.82, 2.24) is 0 Å². The van der Waals surface area contributed by atoms with Crippen molar-refractivity contribution in [2.75, 3.05) is 0 Å². The Bertz CT molecular complexity index is 1200. The number of aliphatic hydroxyl groups is 2.